The van der Waals surface area contributed by atoms with E-state index in [2.05, 4.69) is 17.3 Å². The fraction of sp³-hybridized carbons (Fsp3) is 0.700. The molecule has 1 aliphatic heterocycles. The van der Waals surface area contributed by atoms with Gasteiger partial charge >= 0.3 is 0 Å². The predicted octanol–water partition coefficient (Wildman–Crippen LogP) is 1.20. The quantitative estimate of drug-likeness (QED) is 0.702. The number of aryl methyl sites for hydroxylation is 1. The van der Waals surface area contributed by atoms with E-state index in [9.17, 15) is 0 Å². The van der Waals surface area contributed by atoms with Crippen LogP contribution in [-0.2, 0) is 7.05 Å². The maximum absolute atomic E-state index is 4.29. The smallest absolute Gasteiger partial charge is 0.0527 e. The molecule has 0 amide bonds. The topological polar surface area (TPSA) is 29.9 Å². The summed E-state index contributed by atoms with van der Waals surface area (Å²) in [5.74, 6) is 0.731. The SMILES string of the molecule is Cc1c(C2CCNCC2)cnn1C. The minimum absolute atomic E-state index is 0.731. The number of rotatable bonds is 1. The Hall–Kier alpha value is -0.830. The van der Waals surface area contributed by atoms with Crippen molar-refractivity contribution in [2.24, 2.45) is 7.05 Å². The molecule has 0 radical (unpaired) electrons. The lowest BCUT2D eigenvalue weighted by molar-refractivity contribution is 0.458. The summed E-state index contributed by atoms with van der Waals surface area (Å²) >= 11 is 0. The molecule has 0 unspecified atom stereocenters. The Bertz CT molecular complexity index is 284. The second-order valence-electron chi connectivity index (χ2n) is 3.83. The molecular formula is C10H17N3. The van der Waals surface area contributed by atoms with Crippen LogP contribution in [-0.4, -0.2) is 22.9 Å². The van der Waals surface area contributed by atoms with Crippen LogP contribution in [0.3, 0.4) is 0 Å². The maximum atomic E-state index is 4.29. The van der Waals surface area contributed by atoms with Gasteiger partial charge in [-0.05, 0) is 44.3 Å². The summed E-state index contributed by atoms with van der Waals surface area (Å²) in [6, 6.07) is 0. The van der Waals surface area contributed by atoms with Crippen LogP contribution >= 0.6 is 0 Å². The number of nitrogens with one attached hydrogen (secondary N) is 1. The van der Waals surface area contributed by atoms with Crippen molar-refractivity contribution in [3.63, 3.8) is 0 Å². The molecule has 0 atom stereocenters. The molecule has 0 aromatic carbocycles. The van der Waals surface area contributed by atoms with Crippen molar-refractivity contribution >= 4 is 0 Å². The van der Waals surface area contributed by atoms with E-state index in [1.165, 1.54) is 24.1 Å². The Morgan fingerprint density at radius 3 is 2.69 bits per heavy atom. The Morgan fingerprint density at radius 2 is 2.15 bits per heavy atom. The van der Waals surface area contributed by atoms with E-state index in [0.29, 0.717) is 0 Å². The monoisotopic (exact) mass is 179 g/mol. The van der Waals surface area contributed by atoms with Crippen LogP contribution < -0.4 is 5.32 Å². The molecule has 3 heteroatoms. The molecule has 1 aromatic heterocycles. The average Bonchev–Trinajstić information content (AvgIpc) is 2.49. The largest absolute Gasteiger partial charge is 0.317 e. The van der Waals surface area contributed by atoms with E-state index in [0.717, 1.165) is 19.0 Å². The second-order valence-corrected chi connectivity index (χ2v) is 3.83. The Kier molecular flexibility index (Phi) is 2.36. The van der Waals surface area contributed by atoms with Crippen LogP contribution in [0, 0.1) is 6.92 Å². The lowest BCUT2D eigenvalue weighted by atomic mass is 9.91. The molecule has 1 fully saturated rings. The number of nitrogens with zero attached hydrogens (tertiary/aromatic N) is 2. The van der Waals surface area contributed by atoms with Gasteiger partial charge in [0.1, 0.15) is 0 Å². The fourth-order valence-corrected chi connectivity index (χ4v) is 2.05. The first kappa shape index (κ1) is 8.75. The average molecular weight is 179 g/mol. The van der Waals surface area contributed by atoms with Gasteiger partial charge in [0.25, 0.3) is 0 Å². The van der Waals surface area contributed by atoms with Crippen molar-refractivity contribution in [1.29, 1.82) is 0 Å². The molecule has 2 heterocycles. The molecule has 0 bridgehead atoms. The number of hydrogen-bond acceptors (Lipinski definition) is 2. The first-order valence-corrected chi connectivity index (χ1v) is 4.98. The molecule has 13 heavy (non-hydrogen) atoms. The van der Waals surface area contributed by atoms with Gasteiger partial charge < -0.3 is 5.32 Å². The lowest BCUT2D eigenvalue weighted by Gasteiger charge is -2.22. The molecule has 1 aromatic rings. The van der Waals surface area contributed by atoms with E-state index in [4.69, 9.17) is 0 Å². The van der Waals surface area contributed by atoms with Crippen LogP contribution in [0.2, 0.25) is 0 Å². The van der Waals surface area contributed by atoms with Gasteiger partial charge in [0.2, 0.25) is 0 Å². The van der Waals surface area contributed by atoms with E-state index in [1.807, 2.05) is 17.9 Å². The van der Waals surface area contributed by atoms with Gasteiger partial charge in [0, 0.05) is 12.7 Å². The highest BCUT2D eigenvalue weighted by atomic mass is 15.3. The molecular weight excluding hydrogens is 162 g/mol. The summed E-state index contributed by atoms with van der Waals surface area (Å²) in [6.07, 6.45) is 4.55. The zero-order chi connectivity index (χ0) is 9.26. The second kappa shape index (κ2) is 3.50. The lowest BCUT2D eigenvalue weighted by Crippen LogP contribution is -2.26. The van der Waals surface area contributed by atoms with Gasteiger partial charge in [0.15, 0.2) is 0 Å². The van der Waals surface area contributed by atoms with Gasteiger partial charge in [-0.25, -0.2) is 0 Å². The van der Waals surface area contributed by atoms with Crippen LogP contribution in [0.15, 0.2) is 6.20 Å². The molecule has 1 N–H and O–H groups in total. The van der Waals surface area contributed by atoms with Gasteiger partial charge in [-0.3, -0.25) is 4.68 Å². The van der Waals surface area contributed by atoms with Gasteiger partial charge in [-0.15, -0.1) is 0 Å². The van der Waals surface area contributed by atoms with Crippen molar-refractivity contribution in [2.75, 3.05) is 13.1 Å². The van der Waals surface area contributed by atoms with Crippen molar-refractivity contribution in [3.05, 3.63) is 17.5 Å². The summed E-state index contributed by atoms with van der Waals surface area (Å²) in [5.41, 5.74) is 2.77. The van der Waals surface area contributed by atoms with E-state index in [1.54, 1.807) is 0 Å². The predicted molar refractivity (Wildman–Crippen MR) is 52.8 cm³/mol. The normalized spacial score (nSPS) is 19.2. The third-order valence-corrected chi connectivity index (χ3v) is 3.05. The summed E-state index contributed by atoms with van der Waals surface area (Å²) in [6.45, 7) is 4.46. The summed E-state index contributed by atoms with van der Waals surface area (Å²) in [7, 11) is 2.01. The standard InChI is InChI=1S/C10H17N3/c1-8-10(7-12-13(8)2)9-3-5-11-6-4-9/h7,9,11H,3-6H2,1-2H3. The van der Waals surface area contributed by atoms with Gasteiger partial charge in [-0.2, -0.15) is 5.10 Å². The minimum atomic E-state index is 0.731. The highest BCUT2D eigenvalue weighted by molar-refractivity contribution is 5.21. The summed E-state index contributed by atoms with van der Waals surface area (Å²) in [5, 5.41) is 7.67. The fourth-order valence-electron chi connectivity index (χ4n) is 2.05. The van der Waals surface area contributed by atoms with Crippen molar-refractivity contribution in [1.82, 2.24) is 15.1 Å². The molecule has 0 saturated carbocycles. The minimum Gasteiger partial charge on any atom is -0.317 e. The molecule has 1 aliphatic rings. The third kappa shape index (κ3) is 1.61. The molecule has 2 rings (SSSR count). The molecule has 72 valence electrons. The summed E-state index contributed by atoms with van der Waals surface area (Å²) < 4.78 is 1.97. The maximum Gasteiger partial charge on any atom is 0.0527 e. The zero-order valence-corrected chi connectivity index (χ0v) is 8.38. The van der Waals surface area contributed by atoms with Crippen molar-refractivity contribution in [2.45, 2.75) is 25.7 Å². The molecule has 3 nitrogen and oxygen atoms in total. The highest BCUT2D eigenvalue weighted by Gasteiger charge is 2.18. The van der Waals surface area contributed by atoms with E-state index in [-0.39, 0.29) is 0 Å². The third-order valence-electron chi connectivity index (χ3n) is 3.05. The molecule has 0 aliphatic carbocycles. The molecule has 0 spiro atoms. The van der Waals surface area contributed by atoms with Crippen LogP contribution in [0.5, 0.6) is 0 Å². The Morgan fingerprint density at radius 1 is 1.46 bits per heavy atom. The summed E-state index contributed by atoms with van der Waals surface area (Å²) in [4.78, 5) is 0. The number of piperidine rings is 1. The van der Waals surface area contributed by atoms with Gasteiger partial charge in [0.05, 0.1) is 6.20 Å². The van der Waals surface area contributed by atoms with E-state index >= 15 is 0 Å². The Balaban J connectivity index is 2.18. The number of aromatic nitrogens is 2. The van der Waals surface area contributed by atoms with E-state index < -0.39 is 0 Å². The van der Waals surface area contributed by atoms with Crippen LogP contribution in [0.25, 0.3) is 0 Å². The Labute approximate surface area is 79.1 Å². The zero-order valence-electron chi connectivity index (χ0n) is 8.38. The first-order valence-electron chi connectivity index (χ1n) is 4.98. The first-order chi connectivity index (χ1) is 6.29. The van der Waals surface area contributed by atoms with Crippen LogP contribution in [0.4, 0.5) is 0 Å². The van der Waals surface area contributed by atoms with Gasteiger partial charge in [-0.1, -0.05) is 0 Å². The van der Waals surface area contributed by atoms with Crippen LogP contribution in [0.1, 0.15) is 30.0 Å². The van der Waals surface area contributed by atoms with Crippen molar-refractivity contribution < 1.29 is 0 Å². The molecule has 1 saturated heterocycles. The van der Waals surface area contributed by atoms with Crippen molar-refractivity contribution in [3.8, 4) is 0 Å². The highest BCUT2D eigenvalue weighted by Crippen LogP contribution is 2.26. The number of hydrogen-bond donors (Lipinski definition) is 1.